The first kappa shape index (κ1) is 17.9. The smallest absolute Gasteiger partial charge is 0.303 e. The maximum atomic E-state index is 12.3. The molecule has 0 radical (unpaired) electrons. The standard InChI is InChI=1S/C16H18O8/c1-9(17)21-8-12-13(19)14(20)15(22-10(2)18)16(24-12)23-11-6-4-3-5-7-11/h3-7,12-13,15-16,19H,8H2,1-2H3/t12-,13-,15-,16-/m1/s1. The second-order valence-electron chi connectivity index (χ2n) is 5.15. The summed E-state index contributed by atoms with van der Waals surface area (Å²) in [6, 6.07) is 8.46. The molecule has 1 N–H and O–H groups in total. The monoisotopic (exact) mass is 338 g/mol. The van der Waals surface area contributed by atoms with Crippen LogP contribution in [0.3, 0.4) is 0 Å². The average molecular weight is 338 g/mol. The van der Waals surface area contributed by atoms with Gasteiger partial charge in [0.05, 0.1) is 0 Å². The molecule has 0 aliphatic carbocycles. The van der Waals surface area contributed by atoms with Crippen molar-refractivity contribution in [1.82, 2.24) is 0 Å². The van der Waals surface area contributed by atoms with Crippen LogP contribution in [0.5, 0.6) is 5.75 Å². The molecular formula is C16H18O8. The van der Waals surface area contributed by atoms with E-state index in [2.05, 4.69) is 0 Å². The van der Waals surface area contributed by atoms with Gasteiger partial charge in [0.25, 0.3) is 0 Å². The van der Waals surface area contributed by atoms with E-state index in [4.69, 9.17) is 18.9 Å². The van der Waals surface area contributed by atoms with Crippen LogP contribution in [0, 0.1) is 0 Å². The highest BCUT2D eigenvalue weighted by molar-refractivity contribution is 5.90. The molecule has 1 aliphatic rings. The first-order valence-corrected chi connectivity index (χ1v) is 7.28. The number of ketones is 1. The number of carbonyl (C=O) groups is 3. The third-order valence-electron chi connectivity index (χ3n) is 3.22. The molecule has 4 atom stereocenters. The van der Waals surface area contributed by atoms with E-state index in [0.717, 1.165) is 6.92 Å². The molecule has 8 nitrogen and oxygen atoms in total. The van der Waals surface area contributed by atoms with Crippen molar-refractivity contribution in [3.63, 3.8) is 0 Å². The molecular weight excluding hydrogens is 320 g/mol. The molecule has 0 amide bonds. The lowest BCUT2D eigenvalue weighted by Gasteiger charge is -2.36. The maximum Gasteiger partial charge on any atom is 0.303 e. The van der Waals surface area contributed by atoms with Gasteiger partial charge in [-0.1, -0.05) is 18.2 Å². The topological polar surface area (TPSA) is 108 Å². The van der Waals surface area contributed by atoms with Crippen LogP contribution >= 0.6 is 0 Å². The molecule has 1 aromatic rings. The Hall–Kier alpha value is -2.45. The zero-order valence-corrected chi connectivity index (χ0v) is 13.2. The van der Waals surface area contributed by atoms with Crippen molar-refractivity contribution in [2.24, 2.45) is 0 Å². The summed E-state index contributed by atoms with van der Waals surface area (Å²) in [7, 11) is 0. The lowest BCUT2D eigenvalue weighted by molar-refractivity contribution is -0.237. The van der Waals surface area contributed by atoms with Crippen LogP contribution in [0.15, 0.2) is 30.3 Å². The summed E-state index contributed by atoms with van der Waals surface area (Å²) in [6.07, 6.45) is -5.43. The van der Waals surface area contributed by atoms with Crippen LogP contribution < -0.4 is 4.74 Å². The number of aliphatic hydroxyl groups is 1. The third kappa shape index (κ3) is 4.53. The van der Waals surface area contributed by atoms with E-state index in [9.17, 15) is 19.5 Å². The minimum absolute atomic E-state index is 0.330. The largest absolute Gasteiger partial charge is 0.463 e. The molecule has 0 spiro atoms. The zero-order chi connectivity index (χ0) is 17.7. The number of hydrogen-bond acceptors (Lipinski definition) is 8. The lowest BCUT2D eigenvalue weighted by atomic mass is 10.0. The van der Waals surface area contributed by atoms with Gasteiger partial charge in [-0.3, -0.25) is 14.4 Å². The van der Waals surface area contributed by atoms with Crippen LogP contribution in [-0.4, -0.2) is 54.0 Å². The number of Topliss-reactive ketones (excluding diaryl/α,β-unsaturated/α-hetero) is 1. The minimum Gasteiger partial charge on any atom is -0.463 e. The number of esters is 2. The SMILES string of the molecule is CC(=O)OC[C@H]1O[C@@H](Oc2ccccc2)[C@H](OC(C)=O)C(=O)[C@@H]1O. The van der Waals surface area contributed by atoms with Crippen LogP contribution in [-0.2, 0) is 28.6 Å². The highest BCUT2D eigenvalue weighted by Crippen LogP contribution is 2.24. The van der Waals surface area contributed by atoms with Gasteiger partial charge >= 0.3 is 11.9 Å². The Morgan fingerprint density at radius 2 is 1.83 bits per heavy atom. The van der Waals surface area contributed by atoms with E-state index in [1.54, 1.807) is 30.3 Å². The van der Waals surface area contributed by atoms with E-state index >= 15 is 0 Å². The Morgan fingerprint density at radius 3 is 2.42 bits per heavy atom. The van der Waals surface area contributed by atoms with Gasteiger partial charge in [-0.2, -0.15) is 0 Å². The fraction of sp³-hybridized carbons (Fsp3) is 0.438. The van der Waals surface area contributed by atoms with Gasteiger partial charge in [-0.15, -0.1) is 0 Å². The molecule has 1 saturated heterocycles. The summed E-state index contributed by atoms with van der Waals surface area (Å²) in [5, 5.41) is 10.0. The molecule has 0 saturated carbocycles. The van der Waals surface area contributed by atoms with Gasteiger partial charge in [-0.05, 0) is 12.1 Å². The van der Waals surface area contributed by atoms with Crippen LogP contribution in [0.25, 0.3) is 0 Å². The van der Waals surface area contributed by atoms with Gasteiger partial charge < -0.3 is 24.1 Å². The Labute approximate surface area is 138 Å². The molecule has 130 valence electrons. The van der Waals surface area contributed by atoms with E-state index < -0.39 is 42.3 Å². The third-order valence-corrected chi connectivity index (χ3v) is 3.22. The first-order valence-electron chi connectivity index (χ1n) is 7.28. The van der Waals surface area contributed by atoms with E-state index in [0.29, 0.717) is 5.75 Å². The fourth-order valence-corrected chi connectivity index (χ4v) is 2.15. The Kier molecular flexibility index (Phi) is 5.88. The van der Waals surface area contributed by atoms with Crippen molar-refractivity contribution in [3.05, 3.63) is 30.3 Å². The van der Waals surface area contributed by atoms with Gasteiger partial charge in [-0.25, -0.2) is 0 Å². The predicted octanol–water partition coefficient (Wildman–Crippen LogP) is 0.215. The van der Waals surface area contributed by atoms with Crippen molar-refractivity contribution in [3.8, 4) is 5.75 Å². The molecule has 1 aliphatic heterocycles. The van der Waals surface area contributed by atoms with E-state index in [1.165, 1.54) is 6.92 Å². The highest BCUT2D eigenvalue weighted by atomic mass is 16.7. The van der Waals surface area contributed by atoms with Gasteiger partial charge in [0, 0.05) is 13.8 Å². The predicted molar refractivity (Wildman–Crippen MR) is 78.9 cm³/mol. The molecule has 0 bridgehead atoms. The second-order valence-corrected chi connectivity index (χ2v) is 5.15. The van der Waals surface area contributed by atoms with E-state index in [1.807, 2.05) is 0 Å². The Morgan fingerprint density at radius 1 is 1.17 bits per heavy atom. The maximum absolute atomic E-state index is 12.3. The van der Waals surface area contributed by atoms with Crippen molar-refractivity contribution < 1.29 is 38.4 Å². The molecule has 24 heavy (non-hydrogen) atoms. The fourth-order valence-electron chi connectivity index (χ4n) is 2.15. The average Bonchev–Trinajstić information content (AvgIpc) is 2.53. The highest BCUT2D eigenvalue weighted by Gasteiger charge is 2.48. The number of benzene rings is 1. The Bertz CT molecular complexity index is 599. The molecule has 1 aromatic carbocycles. The molecule has 2 rings (SSSR count). The number of rotatable bonds is 5. The van der Waals surface area contributed by atoms with Gasteiger partial charge in [0.15, 0.2) is 0 Å². The van der Waals surface area contributed by atoms with Crippen molar-refractivity contribution >= 4 is 17.7 Å². The van der Waals surface area contributed by atoms with Crippen molar-refractivity contribution in [2.45, 2.75) is 38.4 Å². The normalized spacial score (nSPS) is 26.5. The van der Waals surface area contributed by atoms with Gasteiger partial charge in [0.2, 0.25) is 18.2 Å². The molecule has 0 aromatic heterocycles. The summed E-state index contributed by atoms with van der Waals surface area (Å²) in [5.74, 6) is -1.70. The zero-order valence-electron chi connectivity index (χ0n) is 13.2. The van der Waals surface area contributed by atoms with Crippen LogP contribution in [0.2, 0.25) is 0 Å². The van der Waals surface area contributed by atoms with Crippen molar-refractivity contribution in [1.29, 1.82) is 0 Å². The van der Waals surface area contributed by atoms with E-state index in [-0.39, 0.29) is 6.61 Å². The summed E-state index contributed by atoms with van der Waals surface area (Å²) >= 11 is 0. The quantitative estimate of drug-likeness (QED) is 0.759. The minimum atomic E-state index is -1.61. The molecule has 8 heteroatoms. The Balaban J connectivity index is 2.18. The van der Waals surface area contributed by atoms with Gasteiger partial charge in [0.1, 0.15) is 24.6 Å². The molecule has 1 fully saturated rings. The summed E-state index contributed by atoms with van der Waals surface area (Å²) in [6.45, 7) is 1.99. The lowest BCUT2D eigenvalue weighted by Crippen LogP contribution is -2.59. The van der Waals surface area contributed by atoms with Crippen LogP contribution in [0.1, 0.15) is 13.8 Å². The number of hydrogen-bond donors (Lipinski definition) is 1. The first-order chi connectivity index (χ1) is 11.4. The number of para-hydroxylation sites is 1. The summed E-state index contributed by atoms with van der Waals surface area (Å²) in [4.78, 5) is 34.4. The number of ether oxygens (including phenoxy) is 4. The molecule has 1 heterocycles. The number of carbonyl (C=O) groups excluding carboxylic acids is 3. The van der Waals surface area contributed by atoms with Crippen LogP contribution in [0.4, 0.5) is 0 Å². The number of aliphatic hydroxyl groups excluding tert-OH is 1. The second kappa shape index (κ2) is 7.89. The summed E-state index contributed by atoms with van der Waals surface area (Å²) < 4.78 is 20.7. The van der Waals surface area contributed by atoms with Crippen molar-refractivity contribution in [2.75, 3.05) is 6.61 Å². The summed E-state index contributed by atoms with van der Waals surface area (Å²) in [5.41, 5.74) is 0. The molecule has 0 unspecified atom stereocenters.